The maximum atomic E-state index is 15.2. The maximum Gasteiger partial charge on any atom is 0.416 e. The Bertz CT molecular complexity index is 1150. The van der Waals surface area contributed by atoms with Crippen molar-refractivity contribution in [2.45, 2.75) is 83.6 Å². The predicted molar refractivity (Wildman–Crippen MR) is 144 cm³/mol. The van der Waals surface area contributed by atoms with Gasteiger partial charge < -0.3 is 9.47 Å². The number of alkyl halides is 3. The van der Waals surface area contributed by atoms with Crippen LogP contribution >= 0.6 is 0 Å². The largest absolute Gasteiger partial charge is 0.416 e. The van der Waals surface area contributed by atoms with Crippen molar-refractivity contribution in [2.24, 2.45) is 5.92 Å². The number of fused-ring (bicyclic) bond motifs is 1. The van der Waals surface area contributed by atoms with Crippen LogP contribution in [0, 0.1) is 11.7 Å². The number of ether oxygens (including phenoxy) is 2. The summed E-state index contributed by atoms with van der Waals surface area (Å²) < 4.78 is 65.4. The van der Waals surface area contributed by atoms with Crippen molar-refractivity contribution in [1.29, 1.82) is 0 Å². The first-order valence-corrected chi connectivity index (χ1v) is 13.9. The van der Waals surface area contributed by atoms with Gasteiger partial charge in [0.1, 0.15) is 5.82 Å². The van der Waals surface area contributed by atoms with Crippen LogP contribution in [0.3, 0.4) is 0 Å². The average Bonchev–Trinajstić information content (AvgIpc) is 2.92. The van der Waals surface area contributed by atoms with Crippen LogP contribution in [-0.2, 0) is 34.9 Å². The number of hydrogen-bond donors (Lipinski definition) is 0. The molecule has 0 aromatic heterocycles. The smallest absolute Gasteiger partial charge is 0.352 e. The summed E-state index contributed by atoms with van der Waals surface area (Å²) in [5.41, 5.74) is 1.75. The van der Waals surface area contributed by atoms with Gasteiger partial charge in [0, 0.05) is 17.7 Å². The molecule has 0 saturated carbocycles. The molecule has 206 valence electrons. The summed E-state index contributed by atoms with van der Waals surface area (Å²) in [4.78, 5) is 0. The molecular formula is C32H38F4O2. The molecule has 4 rings (SSSR count). The second kappa shape index (κ2) is 13.6. The van der Waals surface area contributed by atoms with Gasteiger partial charge in [-0.25, -0.2) is 4.39 Å². The molecule has 0 unspecified atom stereocenters. The molecule has 2 nitrogen and oxygen atoms in total. The third-order valence-electron chi connectivity index (χ3n) is 7.48. The van der Waals surface area contributed by atoms with Crippen molar-refractivity contribution < 1.29 is 27.0 Å². The summed E-state index contributed by atoms with van der Waals surface area (Å²) in [5, 5.41) is 1.40. The highest BCUT2D eigenvalue weighted by Crippen LogP contribution is 2.30. The normalized spacial score (nSPS) is 18.2. The van der Waals surface area contributed by atoms with Gasteiger partial charge in [-0.15, -0.1) is 0 Å². The van der Waals surface area contributed by atoms with Crippen molar-refractivity contribution in [1.82, 2.24) is 0 Å². The van der Waals surface area contributed by atoms with Gasteiger partial charge in [0.15, 0.2) is 6.29 Å². The van der Waals surface area contributed by atoms with Crippen molar-refractivity contribution in [3.63, 3.8) is 0 Å². The van der Waals surface area contributed by atoms with Crippen LogP contribution in [0.15, 0.2) is 54.6 Å². The molecule has 0 N–H and O–H groups in total. The van der Waals surface area contributed by atoms with Gasteiger partial charge in [-0.2, -0.15) is 13.2 Å². The van der Waals surface area contributed by atoms with Crippen LogP contribution in [0.2, 0.25) is 0 Å². The number of unbranched alkanes of at least 4 members (excludes halogenated alkanes) is 4. The van der Waals surface area contributed by atoms with E-state index in [1.165, 1.54) is 50.7 Å². The van der Waals surface area contributed by atoms with Crippen LogP contribution in [0.1, 0.15) is 74.1 Å². The van der Waals surface area contributed by atoms with Crippen molar-refractivity contribution >= 4 is 10.8 Å². The number of halogens is 4. The summed E-state index contributed by atoms with van der Waals surface area (Å²) in [6, 6.07) is 14.6. The molecule has 3 aromatic carbocycles. The van der Waals surface area contributed by atoms with Gasteiger partial charge in [-0.3, -0.25) is 0 Å². The molecule has 0 spiro atoms. The van der Waals surface area contributed by atoms with E-state index in [2.05, 4.69) is 6.92 Å². The fourth-order valence-electron chi connectivity index (χ4n) is 5.11. The molecular weight excluding hydrogens is 492 g/mol. The zero-order valence-corrected chi connectivity index (χ0v) is 22.2. The first-order chi connectivity index (χ1) is 18.3. The fraction of sp³-hybridized carbons (Fsp3) is 0.500. The molecule has 1 aliphatic rings. The Morgan fingerprint density at radius 3 is 2.18 bits per heavy atom. The molecule has 0 radical (unpaired) electrons. The van der Waals surface area contributed by atoms with Crippen LogP contribution < -0.4 is 0 Å². The van der Waals surface area contributed by atoms with Crippen molar-refractivity contribution in [2.75, 3.05) is 13.2 Å². The van der Waals surface area contributed by atoms with E-state index < -0.39 is 11.7 Å². The third kappa shape index (κ3) is 8.03. The maximum absolute atomic E-state index is 15.2. The zero-order valence-electron chi connectivity index (χ0n) is 22.2. The number of aryl methyl sites for hydroxylation is 3. The first-order valence-electron chi connectivity index (χ1n) is 13.9. The molecule has 0 atom stereocenters. The van der Waals surface area contributed by atoms with Crippen molar-refractivity contribution in [3.05, 3.63) is 82.7 Å². The standard InChI is InChI=1S/C32H38F4O2/c1-2-3-4-5-6-7-25-21-37-30(38-22-25)19-12-24-11-18-29-27(20-24)15-14-26(31(29)33)13-8-23-9-16-28(17-10-23)32(34,35)36/h9-11,14-18,20,25,30H,2-8,12-13,19,21-22H2,1H3. The van der Waals surface area contributed by atoms with Gasteiger partial charge in [0.05, 0.1) is 18.8 Å². The van der Waals surface area contributed by atoms with Crippen LogP contribution in [0.4, 0.5) is 17.6 Å². The Hall–Kier alpha value is -2.44. The Kier molecular flexibility index (Phi) is 10.2. The van der Waals surface area contributed by atoms with E-state index in [1.807, 2.05) is 24.3 Å². The monoisotopic (exact) mass is 530 g/mol. The number of benzene rings is 3. The SMILES string of the molecule is CCCCCCCC1COC(CCc2ccc3c(F)c(CCc4ccc(C(F)(F)F)cc4)ccc3c2)OC1. The molecule has 38 heavy (non-hydrogen) atoms. The van der Waals surface area contributed by atoms with Gasteiger partial charge >= 0.3 is 6.18 Å². The molecule has 1 heterocycles. The van der Waals surface area contributed by atoms with E-state index in [0.29, 0.717) is 29.7 Å². The van der Waals surface area contributed by atoms with Crippen LogP contribution in [-0.4, -0.2) is 19.5 Å². The Morgan fingerprint density at radius 1 is 0.763 bits per heavy atom. The van der Waals surface area contributed by atoms with E-state index in [9.17, 15) is 13.2 Å². The minimum atomic E-state index is -4.35. The Balaban J connectivity index is 1.25. The minimum absolute atomic E-state index is 0.189. The van der Waals surface area contributed by atoms with E-state index in [0.717, 1.165) is 54.7 Å². The van der Waals surface area contributed by atoms with E-state index >= 15 is 4.39 Å². The first kappa shape index (κ1) is 28.6. The molecule has 1 saturated heterocycles. The van der Waals surface area contributed by atoms with E-state index in [1.54, 1.807) is 6.07 Å². The predicted octanol–water partition coefficient (Wildman–Crippen LogP) is 9.07. The highest BCUT2D eigenvalue weighted by molar-refractivity contribution is 5.84. The number of rotatable bonds is 12. The lowest BCUT2D eigenvalue weighted by Gasteiger charge is -2.29. The highest BCUT2D eigenvalue weighted by Gasteiger charge is 2.30. The second-order valence-corrected chi connectivity index (χ2v) is 10.5. The minimum Gasteiger partial charge on any atom is -0.352 e. The molecule has 3 aromatic rings. The lowest BCUT2D eigenvalue weighted by atomic mass is 9.97. The fourth-order valence-corrected chi connectivity index (χ4v) is 5.11. The topological polar surface area (TPSA) is 18.5 Å². The zero-order chi connectivity index (χ0) is 27.0. The lowest BCUT2D eigenvalue weighted by molar-refractivity contribution is -0.203. The van der Waals surface area contributed by atoms with Crippen LogP contribution in [0.5, 0.6) is 0 Å². The van der Waals surface area contributed by atoms with E-state index in [-0.39, 0.29) is 12.1 Å². The summed E-state index contributed by atoms with van der Waals surface area (Å²) in [5.74, 6) is 0.227. The summed E-state index contributed by atoms with van der Waals surface area (Å²) in [6.07, 6.45) is 5.50. The molecule has 0 bridgehead atoms. The summed E-state index contributed by atoms with van der Waals surface area (Å²) in [7, 11) is 0. The third-order valence-corrected chi connectivity index (χ3v) is 7.48. The molecule has 6 heteroatoms. The Morgan fingerprint density at radius 2 is 1.47 bits per heavy atom. The quantitative estimate of drug-likeness (QED) is 0.172. The number of hydrogen-bond acceptors (Lipinski definition) is 2. The van der Waals surface area contributed by atoms with Gasteiger partial charge in [-0.1, -0.05) is 81.5 Å². The Labute approximate surface area is 223 Å². The highest BCUT2D eigenvalue weighted by atomic mass is 19.4. The molecule has 1 aliphatic heterocycles. The lowest BCUT2D eigenvalue weighted by Crippen LogP contribution is -2.32. The van der Waals surface area contributed by atoms with Gasteiger partial charge in [0.25, 0.3) is 0 Å². The van der Waals surface area contributed by atoms with E-state index in [4.69, 9.17) is 9.47 Å². The molecule has 1 fully saturated rings. The molecule has 0 amide bonds. The second-order valence-electron chi connectivity index (χ2n) is 10.5. The molecule has 0 aliphatic carbocycles. The van der Waals surface area contributed by atoms with Crippen LogP contribution in [0.25, 0.3) is 10.8 Å². The van der Waals surface area contributed by atoms with Gasteiger partial charge in [-0.05, 0) is 59.9 Å². The van der Waals surface area contributed by atoms with Gasteiger partial charge in [0.2, 0.25) is 0 Å². The summed E-state index contributed by atoms with van der Waals surface area (Å²) in [6.45, 7) is 3.75. The van der Waals surface area contributed by atoms with Crippen molar-refractivity contribution in [3.8, 4) is 0 Å². The average molecular weight is 531 g/mol. The summed E-state index contributed by atoms with van der Waals surface area (Å²) >= 11 is 0.